The number of aromatic nitrogens is 2. The smallest absolute Gasteiger partial charge is 0.284 e. The molecule has 0 bridgehead atoms. The fourth-order valence-electron chi connectivity index (χ4n) is 3.41. The number of aryl methyl sites for hydroxylation is 1. The number of piperidine rings is 1. The molecule has 1 aliphatic heterocycles. The van der Waals surface area contributed by atoms with Crippen molar-refractivity contribution in [2.45, 2.75) is 41.2 Å². The first kappa shape index (κ1) is 21.5. The SMILES string of the molecule is Cc1ccccc1-c1nnc(Sc2ccc(S(=O)(=O)N3CCCCC3)cc2[N+](=O)[O-])o1. The molecule has 0 unspecified atom stereocenters. The summed E-state index contributed by atoms with van der Waals surface area (Å²) in [7, 11) is -3.78. The van der Waals surface area contributed by atoms with Crippen LogP contribution in [0.15, 0.2) is 61.9 Å². The van der Waals surface area contributed by atoms with Gasteiger partial charge in [-0.05, 0) is 55.3 Å². The molecule has 2 heterocycles. The quantitative estimate of drug-likeness (QED) is 0.395. The van der Waals surface area contributed by atoms with E-state index in [1.165, 1.54) is 16.4 Å². The van der Waals surface area contributed by atoms with Gasteiger partial charge in [0.15, 0.2) is 0 Å². The highest BCUT2D eigenvalue weighted by Crippen LogP contribution is 2.37. The minimum atomic E-state index is -3.78. The third-order valence-corrected chi connectivity index (χ3v) is 7.86. The van der Waals surface area contributed by atoms with Crippen LogP contribution in [0.5, 0.6) is 0 Å². The Labute approximate surface area is 183 Å². The highest BCUT2D eigenvalue weighted by Gasteiger charge is 2.29. The monoisotopic (exact) mass is 460 g/mol. The molecule has 9 nitrogen and oxygen atoms in total. The van der Waals surface area contributed by atoms with E-state index < -0.39 is 14.9 Å². The van der Waals surface area contributed by atoms with E-state index in [1.807, 2.05) is 31.2 Å². The van der Waals surface area contributed by atoms with Crippen molar-refractivity contribution in [3.05, 3.63) is 58.1 Å². The lowest BCUT2D eigenvalue weighted by Gasteiger charge is -2.25. The van der Waals surface area contributed by atoms with Gasteiger partial charge in [-0.25, -0.2) is 8.42 Å². The number of rotatable bonds is 6. The zero-order valence-corrected chi connectivity index (χ0v) is 18.4. The Hall–Kier alpha value is -2.76. The lowest BCUT2D eigenvalue weighted by atomic mass is 10.1. The van der Waals surface area contributed by atoms with Gasteiger partial charge >= 0.3 is 0 Å². The van der Waals surface area contributed by atoms with Crippen LogP contribution in [-0.2, 0) is 10.0 Å². The number of hydrogen-bond acceptors (Lipinski definition) is 8. The van der Waals surface area contributed by atoms with Crippen molar-refractivity contribution in [1.29, 1.82) is 0 Å². The molecule has 31 heavy (non-hydrogen) atoms. The Morgan fingerprint density at radius 1 is 1.10 bits per heavy atom. The van der Waals surface area contributed by atoms with E-state index in [0.717, 1.165) is 48.2 Å². The van der Waals surface area contributed by atoms with Gasteiger partial charge in [-0.2, -0.15) is 4.31 Å². The summed E-state index contributed by atoms with van der Waals surface area (Å²) >= 11 is 0.928. The van der Waals surface area contributed by atoms with Crippen molar-refractivity contribution >= 4 is 27.5 Å². The first-order chi connectivity index (χ1) is 14.9. The summed E-state index contributed by atoms with van der Waals surface area (Å²) in [5, 5.41) is 19.8. The van der Waals surface area contributed by atoms with Gasteiger partial charge in [0.1, 0.15) is 0 Å². The Morgan fingerprint density at radius 3 is 2.55 bits per heavy atom. The molecule has 0 spiro atoms. The lowest BCUT2D eigenvalue weighted by molar-refractivity contribution is -0.388. The van der Waals surface area contributed by atoms with Crippen LogP contribution < -0.4 is 0 Å². The van der Waals surface area contributed by atoms with E-state index >= 15 is 0 Å². The number of benzene rings is 2. The van der Waals surface area contributed by atoms with Gasteiger partial charge in [0.25, 0.3) is 10.9 Å². The molecule has 0 radical (unpaired) electrons. The summed E-state index contributed by atoms with van der Waals surface area (Å²) in [5.41, 5.74) is 1.42. The predicted molar refractivity (Wildman–Crippen MR) is 114 cm³/mol. The van der Waals surface area contributed by atoms with Crippen LogP contribution >= 0.6 is 11.8 Å². The average Bonchev–Trinajstić information content (AvgIpc) is 3.23. The number of nitrogens with zero attached hydrogens (tertiary/aromatic N) is 4. The van der Waals surface area contributed by atoms with Crippen molar-refractivity contribution in [3.63, 3.8) is 0 Å². The van der Waals surface area contributed by atoms with Gasteiger partial charge in [0, 0.05) is 24.7 Å². The predicted octanol–water partition coefficient (Wildman–Crippen LogP) is 4.28. The van der Waals surface area contributed by atoms with Crippen LogP contribution in [0, 0.1) is 17.0 Å². The Balaban J connectivity index is 1.62. The van der Waals surface area contributed by atoms with Crippen LogP contribution in [-0.4, -0.2) is 40.9 Å². The maximum absolute atomic E-state index is 12.9. The molecule has 3 aromatic rings. The Bertz CT molecular complexity index is 1220. The van der Waals surface area contributed by atoms with Crippen LogP contribution in [0.1, 0.15) is 24.8 Å². The highest BCUT2D eigenvalue weighted by molar-refractivity contribution is 7.99. The molecule has 11 heteroatoms. The normalized spacial score (nSPS) is 15.1. The summed E-state index contributed by atoms with van der Waals surface area (Å²) in [6.07, 6.45) is 2.56. The van der Waals surface area contributed by atoms with E-state index in [2.05, 4.69) is 10.2 Å². The van der Waals surface area contributed by atoms with Crippen molar-refractivity contribution in [2.24, 2.45) is 0 Å². The van der Waals surface area contributed by atoms with Gasteiger partial charge in [0.2, 0.25) is 15.9 Å². The summed E-state index contributed by atoms with van der Waals surface area (Å²) in [6.45, 7) is 2.77. The molecular weight excluding hydrogens is 440 g/mol. The minimum absolute atomic E-state index is 0.0865. The molecule has 0 N–H and O–H groups in total. The maximum atomic E-state index is 12.9. The third kappa shape index (κ3) is 4.48. The lowest BCUT2D eigenvalue weighted by Crippen LogP contribution is -2.35. The third-order valence-electron chi connectivity index (χ3n) is 5.06. The van der Waals surface area contributed by atoms with E-state index in [9.17, 15) is 18.5 Å². The molecule has 4 rings (SSSR count). The second-order valence-corrected chi connectivity index (χ2v) is 10.1. The summed E-state index contributed by atoms with van der Waals surface area (Å²) in [6, 6.07) is 11.4. The van der Waals surface area contributed by atoms with Gasteiger partial charge in [-0.1, -0.05) is 24.6 Å². The first-order valence-electron chi connectivity index (χ1n) is 9.72. The molecule has 0 amide bonds. The number of nitro groups is 1. The van der Waals surface area contributed by atoms with Crippen LogP contribution in [0.4, 0.5) is 5.69 Å². The Kier molecular flexibility index (Phi) is 6.08. The second-order valence-electron chi connectivity index (χ2n) is 7.14. The van der Waals surface area contributed by atoms with Gasteiger partial charge in [-0.3, -0.25) is 10.1 Å². The molecule has 0 aliphatic carbocycles. The number of sulfonamides is 1. The Morgan fingerprint density at radius 2 is 1.84 bits per heavy atom. The zero-order valence-electron chi connectivity index (χ0n) is 16.7. The zero-order chi connectivity index (χ0) is 22.0. The molecule has 0 saturated carbocycles. The van der Waals surface area contributed by atoms with Crippen LogP contribution in [0.2, 0.25) is 0 Å². The molecule has 2 aromatic carbocycles. The minimum Gasteiger partial charge on any atom is -0.411 e. The van der Waals surface area contributed by atoms with Crippen LogP contribution in [0.25, 0.3) is 11.5 Å². The molecule has 1 aromatic heterocycles. The van der Waals surface area contributed by atoms with Crippen molar-refractivity contribution in [1.82, 2.24) is 14.5 Å². The number of hydrogen-bond donors (Lipinski definition) is 0. The molecule has 162 valence electrons. The van der Waals surface area contributed by atoms with Gasteiger partial charge in [-0.15, -0.1) is 10.2 Å². The maximum Gasteiger partial charge on any atom is 0.284 e. The summed E-state index contributed by atoms with van der Waals surface area (Å²) in [4.78, 5) is 11.2. The topological polar surface area (TPSA) is 119 Å². The summed E-state index contributed by atoms with van der Waals surface area (Å²) in [5.74, 6) is 0.313. The van der Waals surface area contributed by atoms with Crippen molar-refractivity contribution in [3.8, 4) is 11.5 Å². The van der Waals surface area contributed by atoms with Gasteiger partial charge < -0.3 is 4.42 Å². The van der Waals surface area contributed by atoms with E-state index in [0.29, 0.717) is 19.0 Å². The van der Waals surface area contributed by atoms with Crippen molar-refractivity contribution in [2.75, 3.05) is 13.1 Å². The van der Waals surface area contributed by atoms with Crippen LogP contribution in [0.3, 0.4) is 0 Å². The molecule has 0 atom stereocenters. The van der Waals surface area contributed by atoms with E-state index in [1.54, 1.807) is 0 Å². The molecule has 1 saturated heterocycles. The standard InChI is InChI=1S/C20H20N4O5S2/c1-14-7-3-4-8-16(14)19-21-22-20(29-19)30-18-10-9-15(13-17(18)24(25)26)31(27,28)23-11-5-2-6-12-23/h3-4,7-10,13H,2,5-6,11-12H2,1H3. The fraction of sp³-hybridized carbons (Fsp3) is 0.300. The average molecular weight is 461 g/mol. The molecule has 1 fully saturated rings. The first-order valence-corrected chi connectivity index (χ1v) is 12.0. The molecular formula is C20H20N4O5S2. The van der Waals surface area contributed by atoms with E-state index in [-0.39, 0.29) is 20.7 Å². The summed E-state index contributed by atoms with van der Waals surface area (Å²) < 4.78 is 32.8. The second kappa shape index (κ2) is 8.77. The van der Waals surface area contributed by atoms with E-state index in [4.69, 9.17) is 4.42 Å². The van der Waals surface area contributed by atoms with Gasteiger partial charge in [0.05, 0.1) is 14.7 Å². The molecule has 1 aliphatic rings. The highest BCUT2D eigenvalue weighted by atomic mass is 32.2. The largest absolute Gasteiger partial charge is 0.411 e. The van der Waals surface area contributed by atoms with Crippen molar-refractivity contribution < 1.29 is 17.8 Å². The fourth-order valence-corrected chi connectivity index (χ4v) is 5.71. The number of nitro benzene ring substituents is 1.